The molecule has 1 aliphatic heterocycles. The summed E-state index contributed by atoms with van der Waals surface area (Å²) in [5.74, 6) is 0. The molecular formula is C26H25N2OP+2. The summed E-state index contributed by atoms with van der Waals surface area (Å²) in [6.45, 7) is 6.04. The van der Waals surface area contributed by atoms with Gasteiger partial charge in [0.15, 0.2) is 31.9 Å². The summed E-state index contributed by atoms with van der Waals surface area (Å²) in [5.41, 5.74) is 4.42. The Morgan fingerprint density at radius 2 is 1.37 bits per heavy atom. The van der Waals surface area contributed by atoms with Gasteiger partial charge in [0.1, 0.15) is 13.1 Å². The molecule has 0 radical (unpaired) electrons. The highest BCUT2D eigenvalue weighted by Crippen LogP contribution is 2.52. The zero-order chi connectivity index (χ0) is 20.7. The molecule has 1 aliphatic rings. The molecule has 148 valence electrons. The summed E-state index contributed by atoms with van der Waals surface area (Å²) in [4.78, 5) is 0. The summed E-state index contributed by atoms with van der Waals surface area (Å²) < 4.78 is 19.1. The van der Waals surface area contributed by atoms with Crippen molar-refractivity contribution in [3.05, 3.63) is 91.5 Å². The van der Waals surface area contributed by atoms with Crippen LogP contribution >= 0.6 is 7.14 Å². The van der Waals surface area contributed by atoms with Gasteiger partial charge in [-0.15, -0.1) is 0 Å². The van der Waals surface area contributed by atoms with Gasteiger partial charge in [-0.2, -0.15) is 0 Å². The molecule has 0 fully saturated rings. The van der Waals surface area contributed by atoms with Gasteiger partial charge in [0.05, 0.1) is 5.30 Å². The third-order valence-corrected chi connectivity index (χ3v) is 9.15. The third kappa shape index (κ3) is 2.85. The summed E-state index contributed by atoms with van der Waals surface area (Å²) in [7, 11) is -2.93. The van der Waals surface area contributed by atoms with Crippen molar-refractivity contribution in [2.75, 3.05) is 0 Å². The lowest BCUT2D eigenvalue weighted by molar-refractivity contribution is -0.693. The van der Waals surface area contributed by atoms with Crippen molar-refractivity contribution in [3.63, 3.8) is 0 Å². The van der Waals surface area contributed by atoms with Crippen molar-refractivity contribution in [2.45, 2.75) is 26.9 Å². The van der Waals surface area contributed by atoms with Crippen LogP contribution in [0.3, 0.4) is 0 Å². The number of hydrogen-bond donors (Lipinski definition) is 0. The molecule has 0 bridgehead atoms. The molecule has 4 heteroatoms. The number of benzene rings is 2. The fourth-order valence-corrected chi connectivity index (χ4v) is 7.41. The Balaban J connectivity index is 1.75. The van der Waals surface area contributed by atoms with Crippen molar-refractivity contribution >= 4 is 23.1 Å². The molecule has 0 saturated heterocycles. The lowest BCUT2D eigenvalue weighted by Gasteiger charge is -2.15. The van der Waals surface area contributed by atoms with Crippen LogP contribution in [0.15, 0.2) is 91.5 Å². The van der Waals surface area contributed by atoms with Gasteiger partial charge >= 0.3 is 0 Å². The summed E-state index contributed by atoms with van der Waals surface area (Å²) in [5, 5.41) is 2.79. The first kappa shape index (κ1) is 19.0. The Morgan fingerprint density at radius 1 is 0.700 bits per heavy atom. The zero-order valence-electron chi connectivity index (χ0n) is 17.3. The van der Waals surface area contributed by atoms with E-state index in [0.29, 0.717) is 0 Å². The molecule has 2 aromatic heterocycles. The molecule has 0 spiro atoms. The van der Waals surface area contributed by atoms with Crippen LogP contribution in [0.25, 0.3) is 22.3 Å². The van der Waals surface area contributed by atoms with Crippen LogP contribution in [0.2, 0.25) is 0 Å². The van der Waals surface area contributed by atoms with E-state index in [1.54, 1.807) is 0 Å². The molecule has 5 rings (SSSR count). The Morgan fingerprint density at radius 3 is 2.07 bits per heavy atom. The smallest absolute Gasteiger partial charge is 0.180 e. The van der Waals surface area contributed by atoms with Crippen molar-refractivity contribution in [1.29, 1.82) is 0 Å². The average Bonchev–Trinajstić information content (AvgIpc) is 3.08. The fourth-order valence-electron chi connectivity index (χ4n) is 4.31. The van der Waals surface area contributed by atoms with Crippen LogP contribution in [-0.4, -0.2) is 0 Å². The van der Waals surface area contributed by atoms with Gasteiger partial charge in [-0.05, 0) is 36.6 Å². The van der Waals surface area contributed by atoms with Crippen molar-refractivity contribution in [1.82, 2.24) is 0 Å². The monoisotopic (exact) mass is 412 g/mol. The number of nitrogens with zero attached hydrogens (tertiary/aromatic N) is 2. The predicted molar refractivity (Wildman–Crippen MR) is 122 cm³/mol. The molecule has 2 aromatic carbocycles. The van der Waals surface area contributed by atoms with E-state index in [-0.39, 0.29) is 0 Å². The Hall–Kier alpha value is -3.03. The summed E-state index contributed by atoms with van der Waals surface area (Å²) in [6, 6.07) is 22.8. The van der Waals surface area contributed by atoms with E-state index >= 15 is 0 Å². The van der Waals surface area contributed by atoms with Gasteiger partial charge in [0.2, 0.25) is 0 Å². The quantitative estimate of drug-likeness (QED) is 0.327. The minimum Gasteiger partial charge on any atom is -0.308 e. The van der Waals surface area contributed by atoms with Crippen LogP contribution in [0.4, 0.5) is 0 Å². The van der Waals surface area contributed by atoms with E-state index in [2.05, 4.69) is 84.2 Å². The van der Waals surface area contributed by atoms with Gasteiger partial charge in [-0.1, -0.05) is 42.5 Å². The third-order valence-electron chi connectivity index (χ3n) is 6.04. The molecule has 0 aliphatic carbocycles. The molecule has 3 heterocycles. The highest BCUT2D eigenvalue weighted by atomic mass is 31.2. The van der Waals surface area contributed by atoms with Gasteiger partial charge in [-0.25, -0.2) is 9.13 Å². The van der Waals surface area contributed by atoms with Crippen LogP contribution < -0.4 is 25.0 Å². The van der Waals surface area contributed by atoms with Crippen molar-refractivity contribution in [3.8, 4) is 22.3 Å². The first-order chi connectivity index (χ1) is 14.6. The molecule has 0 amide bonds. The minimum absolute atomic E-state index is 0.852. The lowest BCUT2D eigenvalue weighted by Crippen LogP contribution is -2.36. The molecule has 30 heavy (non-hydrogen) atoms. The van der Waals surface area contributed by atoms with Crippen LogP contribution in [-0.2, 0) is 17.7 Å². The maximum atomic E-state index is 14.8. The van der Waals surface area contributed by atoms with E-state index in [4.69, 9.17) is 0 Å². The van der Waals surface area contributed by atoms with Gasteiger partial charge < -0.3 is 4.57 Å². The van der Waals surface area contributed by atoms with E-state index in [9.17, 15) is 4.57 Å². The molecule has 1 unspecified atom stereocenters. The van der Waals surface area contributed by atoms with E-state index in [1.165, 1.54) is 0 Å². The molecule has 3 nitrogen and oxygen atoms in total. The number of aryl methyl sites for hydroxylation is 2. The Kier molecular flexibility index (Phi) is 4.64. The summed E-state index contributed by atoms with van der Waals surface area (Å²) >= 11 is 0. The van der Waals surface area contributed by atoms with Crippen molar-refractivity contribution < 1.29 is 13.7 Å². The van der Waals surface area contributed by atoms with E-state index in [0.717, 1.165) is 51.3 Å². The second-order valence-electron chi connectivity index (χ2n) is 7.67. The minimum atomic E-state index is -2.93. The second-order valence-corrected chi connectivity index (χ2v) is 10.4. The molecule has 0 saturated carbocycles. The lowest BCUT2D eigenvalue weighted by atomic mass is 10.0. The first-order valence-electron chi connectivity index (χ1n) is 10.5. The Bertz CT molecular complexity index is 1280. The van der Waals surface area contributed by atoms with Gasteiger partial charge in [-0.3, -0.25) is 0 Å². The van der Waals surface area contributed by atoms with E-state index < -0.39 is 7.14 Å². The van der Waals surface area contributed by atoms with Crippen LogP contribution in [0.5, 0.6) is 0 Å². The molecule has 1 atom stereocenters. The van der Waals surface area contributed by atoms with Crippen LogP contribution in [0, 0.1) is 0 Å². The second kappa shape index (κ2) is 7.34. The fraction of sp³-hybridized carbons (Fsp3) is 0.154. The highest BCUT2D eigenvalue weighted by Gasteiger charge is 2.42. The zero-order valence-corrected chi connectivity index (χ0v) is 18.2. The number of aromatic nitrogens is 2. The Labute approximate surface area is 177 Å². The highest BCUT2D eigenvalue weighted by molar-refractivity contribution is 7.86. The van der Waals surface area contributed by atoms with Gasteiger partial charge in [0.25, 0.3) is 0 Å². The van der Waals surface area contributed by atoms with Gasteiger partial charge in [0, 0.05) is 34.4 Å². The maximum absolute atomic E-state index is 14.8. The predicted octanol–water partition coefficient (Wildman–Crippen LogP) is 3.59. The standard InChI is InChI=1S/C26H25N2OP/c1-3-27-15-12-20(13-16-27)21-10-11-23-24-14-17-28(4-2)19-26(24)30(29,25(23)18-21)22-8-6-5-7-9-22/h5-19H,3-4H2,1-2H3/q+2. The number of hydrogen-bond acceptors (Lipinski definition) is 1. The molecular weight excluding hydrogens is 387 g/mol. The molecule has 0 N–H and O–H groups in total. The van der Waals surface area contributed by atoms with Crippen LogP contribution in [0.1, 0.15) is 13.8 Å². The normalized spacial score (nSPS) is 16.9. The van der Waals surface area contributed by atoms with Crippen molar-refractivity contribution in [2.24, 2.45) is 0 Å². The summed E-state index contributed by atoms with van der Waals surface area (Å²) in [6.07, 6.45) is 8.35. The maximum Gasteiger partial charge on any atom is 0.180 e. The first-order valence-corrected chi connectivity index (χ1v) is 12.2. The molecule has 4 aromatic rings. The SMILES string of the molecule is CC[n+]1ccc(-c2ccc3c(c2)P(=O)(c2ccccc2)c2c[n+](CC)ccc2-3)cc1. The topological polar surface area (TPSA) is 24.8 Å². The largest absolute Gasteiger partial charge is 0.308 e. The average molecular weight is 412 g/mol. The number of rotatable bonds is 4. The number of pyridine rings is 2. The number of fused-ring (bicyclic) bond motifs is 3. The van der Waals surface area contributed by atoms with E-state index in [1.807, 2.05) is 30.3 Å².